The van der Waals surface area contributed by atoms with Crippen LogP contribution in [0.4, 0.5) is 10.5 Å². The summed E-state index contributed by atoms with van der Waals surface area (Å²) in [5.41, 5.74) is 0.731. The highest BCUT2D eigenvalue weighted by Gasteiger charge is 2.32. The average Bonchev–Trinajstić information content (AvgIpc) is 3.10. The van der Waals surface area contributed by atoms with Crippen LogP contribution in [0, 0.1) is 0 Å². The van der Waals surface area contributed by atoms with E-state index < -0.39 is 0 Å². The summed E-state index contributed by atoms with van der Waals surface area (Å²) >= 11 is 0. The summed E-state index contributed by atoms with van der Waals surface area (Å²) < 4.78 is 10.6. The third-order valence-corrected chi connectivity index (χ3v) is 5.68. The van der Waals surface area contributed by atoms with Gasteiger partial charge in [0.05, 0.1) is 39.9 Å². The van der Waals surface area contributed by atoms with Crippen LogP contribution < -0.4 is 29.9 Å². The number of rotatable bonds is 11. The molecule has 3 N–H and O–H groups in total. The molecule has 1 aliphatic rings. The third kappa shape index (κ3) is 6.52. The first-order valence-corrected chi connectivity index (χ1v) is 10.8. The van der Waals surface area contributed by atoms with Crippen LogP contribution in [0.3, 0.4) is 0 Å². The van der Waals surface area contributed by atoms with Gasteiger partial charge in [0.2, 0.25) is 5.91 Å². The van der Waals surface area contributed by atoms with Gasteiger partial charge in [-0.3, -0.25) is 4.79 Å². The van der Waals surface area contributed by atoms with E-state index >= 15 is 0 Å². The van der Waals surface area contributed by atoms with Gasteiger partial charge in [0.1, 0.15) is 0 Å². The number of carbonyl (C=O) groups excluding carboxylic acids is 2. The van der Waals surface area contributed by atoms with Crippen LogP contribution in [0.25, 0.3) is 0 Å². The number of carbonyl (C=O) groups is 2. The smallest absolute Gasteiger partial charge is 0.315 e. The first kappa shape index (κ1) is 23.8. The summed E-state index contributed by atoms with van der Waals surface area (Å²) in [7, 11) is 3.13. The first-order valence-electron chi connectivity index (χ1n) is 10.8. The van der Waals surface area contributed by atoms with Crippen LogP contribution in [0.1, 0.15) is 40.0 Å². The molecule has 30 heavy (non-hydrogen) atoms. The Hall–Kier alpha value is -2.48. The molecule has 3 amide bonds. The van der Waals surface area contributed by atoms with Gasteiger partial charge in [-0.25, -0.2) is 4.79 Å². The number of benzene rings is 1. The molecule has 1 heterocycles. The maximum Gasteiger partial charge on any atom is 0.315 e. The quantitative estimate of drug-likeness (QED) is 0.501. The fourth-order valence-electron chi connectivity index (χ4n) is 3.83. The van der Waals surface area contributed by atoms with Gasteiger partial charge in [0, 0.05) is 30.8 Å². The lowest BCUT2D eigenvalue weighted by atomic mass is 10.2. The summed E-state index contributed by atoms with van der Waals surface area (Å²) in [4.78, 5) is 28.1. The van der Waals surface area contributed by atoms with Gasteiger partial charge in [-0.05, 0) is 45.7 Å². The number of hydrogen-bond donors (Lipinski definition) is 3. The number of urea groups is 1. The lowest BCUT2D eigenvalue weighted by molar-refractivity contribution is -0.896. The van der Waals surface area contributed by atoms with E-state index in [0.29, 0.717) is 18.0 Å². The Morgan fingerprint density at radius 3 is 2.57 bits per heavy atom. The normalized spacial score (nSPS) is 17.2. The monoisotopic (exact) mass is 421 g/mol. The molecule has 0 aliphatic carbocycles. The zero-order valence-electron chi connectivity index (χ0n) is 18.9. The van der Waals surface area contributed by atoms with Crippen molar-refractivity contribution in [3.63, 3.8) is 0 Å². The molecule has 168 valence electrons. The minimum atomic E-state index is -0.224. The fourth-order valence-corrected chi connectivity index (χ4v) is 3.83. The second kappa shape index (κ2) is 11.6. The Kier molecular flexibility index (Phi) is 9.23. The Morgan fingerprint density at radius 1 is 1.23 bits per heavy atom. The van der Waals surface area contributed by atoms with Crippen molar-refractivity contribution in [1.29, 1.82) is 0 Å². The molecule has 0 radical (unpaired) electrons. The molecule has 1 aliphatic heterocycles. The lowest BCUT2D eigenvalue weighted by Crippen LogP contribution is -3.11. The van der Waals surface area contributed by atoms with Gasteiger partial charge >= 0.3 is 6.03 Å². The predicted molar refractivity (Wildman–Crippen MR) is 118 cm³/mol. The number of hydrogen-bond acceptors (Lipinski definition) is 4. The fraction of sp³-hybridized carbons (Fsp3) is 0.636. The molecule has 2 atom stereocenters. The van der Waals surface area contributed by atoms with Crippen LogP contribution in [0.15, 0.2) is 18.2 Å². The highest BCUT2D eigenvalue weighted by Crippen LogP contribution is 2.33. The number of nitrogens with zero attached hydrogens (tertiary/aromatic N) is 1. The molecule has 0 bridgehead atoms. The number of ether oxygens (including phenoxy) is 2. The van der Waals surface area contributed by atoms with Crippen molar-refractivity contribution >= 4 is 17.6 Å². The van der Waals surface area contributed by atoms with Crippen molar-refractivity contribution in [1.82, 2.24) is 10.6 Å². The first-order chi connectivity index (χ1) is 14.4. The molecule has 8 nitrogen and oxygen atoms in total. The van der Waals surface area contributed by atoms with Crippen molar-refractivity contribution in [2.75, 3.05) is 45.3 Å². The maximum atomic E-state index is 12.5. The molecule has 0 aromatic heterocycles. The minimum Gasteiger partial charge on any atom is -0.493 e. The predicted octanol–water partition coefficient (Wildman–Crippen LogP) is 1.20. The van der Waals surface area contributed by atoms with E-state index in [1.165, 1.54) is 0 Å². The zero-order chi connectivity index (χ0) is 22.1. The highest BCUT2D eigenvalue weighted by molar-refractivity contribution is 5.97. The van der Waals surface area contributed by atoms with Crippen molar-refractivity contribution in [3.05, 3.63) is 18.2 Å². The molecule has 1 fully saturated rings. The van der Waals surface area contributed by atoms with Crippen molar-refractivity contribution < 1.29 is 24.0 Å². The van der Waals surface area contributed by atoms with E-state index in [2.05, 4.69) is 24.5 Å². The molecule has 2 rings (SSSR count). The molecule has 1 aromatic rings. The number of quaternary nitrogens is 1. The summed E-state index contributed by atoms with van der Waals surface area (Å²) in [6.45, 7) is 10.2. The molecule has 0 unspecified atom stereocenters. The largest absolute Gasteiger partial charge is 0.493 e. The Labute approximate surface area is 179 Å². The van der Waals surface area contributed by atoms with Crippen molar-refractivity contribution in [2.24, 2.45) is 0 Å². The molecule has 0 spiro atoms. The Balaban J connectivity index is 1.83. The van der Waals surface area contributed by atoms with Gasteiger partial charge in [0.15, 0.2) is 11.5 Å². The van der Waals surface area contributed by atoms with Crippen LogP contribution in [-0.2, 0) is 4.79 Å². The Morgan fingerprint density at radius 2 is 1.93 bits per heavy atom. The molecular weight excluding hydrogens is 384 g/mol. The number of amides is 3. The number of anilines is 1. The van der Waals surface area contributed by atoms with Gasteiger partial charge in [-0.1, -0.05) is 0 Å². The molecule has 0 saturated carbocycles. The van der Waals surface area contributed by atoms with Gasteiger partial charge < -0.3 is 29.9 Å². The van der Waals surface area contributed by atoms with Gasteiger partial charge in [0.25, 0.3) is 0 Å². The van der Waals surface area contributed by atoms with E-state index in [1.54, 1.807) is 36.2 Å². The van der Waals surface area contributed by atoms with Crippen molar-refractivity contribution in [2.45, 2.75) is 52.1 Å². The zero-order valence-corrected chi connectivity index (χ0v) is 18.9. The highest BCUT2D eigenvalue weighted by atomic mass is 16.5. The van der Waals surface area contributed by atoms with Crippen LogP contribution in [0.5, 0.6) is 11.5 Å². The minimum absolute atomic E-state index is 0.0252. The van der Waals surface area contributed by atoms with E-state index in [9.17, 15) is 9.59 Å². The van der Waals surface area contributed by atoms with E-state index in [-0.39, 0.29) is 30.4 Å². The van der Waals surface area contributed by atoms with Crippen LogP contribution in [-0.4, -0.2) is 64.4 Å². The third-order valence-electron chi connectivity index (χ3n) is 5.68. The standard InChI is InChI=1S/C22H36N4O4/c1-6-25(7-2)12-8-9-16(3)23-22(28)24-17-13-21(27)26(15-17)18-10-11-19(29-4)20(14-18)30-5/h10-11,14,16-17H,6-9,12-13,15H2,1-5H3,(H2,23,24,28)/p+1/t16-,17-/m0/s1. The maximum absolute atomic E-state index is 12.5. The molecule has 1 saturated heterocycles. The second-order valence-electron chi connectivity index (χ2n) is 7.81. The van der Waals surface area contributed by atoms with Gasteiger partial charge in [-0.15, -0.1) is 0 Å². The topological polar surface area (TPSA) is 84.3 Å². The van der Waals surface area contributed by atoms with Crippen molar-refractivity contribution in [3.8, 4) is 11.5 Å². The lowest BCUT2D eigenvalue weighted by Gasteiger charge is -2.20. The number of nitrogens with one attached hydrogen (secondary N) is 3. The summed E-state index contributed by atoms with van der Waals surface area (Å²) in [5, 5.41) is 5.93. The number of methoxy groups -OCH3 is 2. The van der Waals surface area contributed by atoms with Crippen LogP contribution >= 0.6 is 0 Å². The van der Waals surface area contributed by atoms with E-state index in [4.69, 9.17) is 9.47 Å². The summed E-state index contributed by atoms with van der Waals surface area (Å²) in [6.07, 6.45) is 2.30. The Bertz CT molecular complexity index is 708. The molecule has 1 aromatic carbocycles. The van der Waals surface area contributed by atoms with Crippen LogP contribution in [0.2, 0.25) is 0 Å². The average molecular weight is 422 g/mol. The molecular formula is C22H37N4O4+. The SMILES string of the molecule is CC[NH+](CC)CCC[C@H](C)NC(=O)N[C@H]1CC(=O)N(c2ccc(OC)c(OC)c2)C1. The summed E-state index contributed by atoms with van der Waals surface area (Å²) in [6, 6.07) is 5.03. The van der Waals surface area contributed by atoms with Gasteiger partial charge in [-0.2, -0.15) is 0 Å². The second-order valence-corrected chi connectivity index (χ2v) is 7.81. The van der Waals surface area contributed by atoms with E-state index in [0.717, 1.165) is 38.2 Å². The molecule has 8 heteroatoms. The van der Waals surface area contributed by atoms with E-state index in [1.807, 2.05) is 13.0 Å². The summed E-state index contributed by atoms with van der Waals surface area (Å²) in [5.74, 6) is 1.15.